The zero-order chi connectivity index (χ0) is 13.2. The second kappa shape index (κ2) is 5.35. The summed E-state index contributed by atoms with van der Waals surface area (Å²) >= 11 is 0. The van der Waals surface area contributed by atoms with Crippen LogP contribution >= 0.6 is 0 Å². The van der Waals surface area contributed by atoms with E-state index in [1.54, 1.807) is 6.20 Å². The molecule has 0 aromatic carbocycles. The third-order valence-electron chi connectivity index (χ3n) is 4.58. The summed E-state index contributed by atoms with van der Waals surface area (Å²) in [6.07, 6.45) is 9.00. The van der Waals surface area contributed by atoms with Gasteiger partial charge < -0.3 is 9.64 Å². The van der Waals surface area contributed by atoms with Crippen LogP contribution in [0.5, 0.6) is 5.88 Å². The monoisotopic (exact) mass is 261 g/mol. The van der Waals surface area contributed by atoms with Crippen molar-refractivity contribution in [1.29, 1.82) is 0 Å². The van der Waals surface area contributed by atoms with Crippen molar-refractivity contribution in [2.45, 2.75) is 45.6 Å². The molecule has 1 aromatic rings. The topological polar surface area (TPSA) is 38.2 Å². The molecule has 2 aliphatic rings. The van der Waals surface area contributed by atoms with Gasteiger partial charge in [0.1, 0.15) is 0 Å². The highest BCUT2D eigenvalue weighted by molar-refractivity contribution is 5.41. The zero-order valence-electron chi connectivity index (χ0n) is 11.9. The Morgan fingerprint density at radius 1 is 1.32 bits per heavy atom. The van der Waals surface area contributed by atoms with E-state index in [0.29, 0.717) is 18.5 Å². The summed E-state index contributed by atoms with van der Waals surface area (Å²) in [5, 5.41) is 0. The molecule has 1 saturated heterocycles. The van der Waals surface area contributed by atoms with Crippen molar-refractivity contribution < 1.29 is 4.74 Å². The fraction of sp³-hybridized carbons (Fsp3) is 0.733. The largest absolute Gasteiger partial charge is 0.477 e. The number of fused-ring (bicyclic) bond motifs is 1. The summed E-state index contributed by atoms with van der Waals surface area (Å²) in [6, 6.07) is 0.662. The average molecular weight is 261 g/mol. The summed E-state index contributed by atoms with van der Waals surface area (Å²) in [4.78, 5) is 11.4. The Bertz CT molecular complexity index is 437. The lowest BCUT2D eigenvalue weighted by atomic mass is 9.80. The van der Waals surface area contributed by atoms with E-state index in [1.807, 2.05) is 13.1 Å². The van der Waals surface area contributed by atoms with Crippen LogP contribution in [-0.2, 0) is 0 Å². The SMILES string of the molecule is CCOc1cncc(N2CC(C)C3CCCCC32)n1. The molecule has 1 aliphatic heterocycles. The van der Waals surface area contributed by atoms with E-state index in [2.05, 4.69) is 21.8 Å². The van der Waals surface area contributed by atoms with Crippen molar-refractivity contribution in [1.82, 2.24) is 9.97 Å². The lowest BCUT2D eigenvalue weighted by Gasteiger charge is -2.32. The quantitative estimate of drug-likeness (QED) is 0.838. The average Bonchev–Trinajstić information content (AvgIpc) is 2.78. The number of hydrogen-bond donors (Lipinski definition) is 0. The van der Waals surface area contributed by atoms with Gasteiger partial charge in [-0.05, 0) is 31.6 Å². The minimum Gasteiger partial charge on any atom is -0.477 e. The van der Waals surface area contributed by atoms with E-state index >= 15 is 0 Å². The molecule has 0 amide bonds. The molecule has 1 aliphatic carbocycles. The van der Waals surface area contributed by atoms with Gasteiger partial charge in [0, 0.05) is 12.6 Å². The second-order valence-electron chi connectivity index (χ2n) is 5.79. The molecule has 3 atom stereocenters. The molecular formula is C15H23N3O. The van der Waals surface area contributed by atoms with Crippen LogP contribution in [-0.4, -0.2) is 29.2 Å². The molecule has 1 aromatic heterocycles. The van der Waals surface area contributed by atoms with Gasteiger partial charge >= 0.3 is 0 Å². The first-order valence-corrected chi connectivity index (χ1v) is 7.51. The van der Waals surface area contributed by atoms with E-state index in [-0.39, 0.29) is 0 Å². The van der Waals surface area contributed by atoms with E-state index < -0.39 is 0 Å². The highest BCUT2D eigenvalue weighted by Crippen LogP contribution is 2.41. The highest BCUT2D eigenvalue weighted by Gasteiger charge is 2.41. The first-order chi connectivity index (χ1) is 9.29. The fourth-order valence-electron chi connectivity index (χ4n) is 3.73. The molecule has 0 spiro atoms. The lowest BCUT2D eigenvalue weighted by Crippen LogP contribution is -2.35. The van der Waals surface area contributed by atoms with Crippen molar-refractivity contribution in [3.63, 3.8) is 0 Å². The Morgan fingerprint density at radius 2 is 2.16 bits per heavy atom. The normalized spacial score (nSPS) is 30.2. The van der Waals surface area contributed by atoms with Crippen LogP contribution in [0.25, 0.3) is 0 Å². The van der Waals surface area contributed by atoms with Gasteiger partial charge in [0.25, 0.3) is 0 Å². The lowest BCUT2D eigenvalue weighted by molar-refractivity contribution is 0.292. The highest BCUT2D eigenvalue weighted by atomic mass is 16.5. The van der Waals surface area contributed by atoms with Gasteiger partial charge in [0.05, 0.1) is 19.0 Å². The van der Waals surface area contributed by atoms with Crippen molar-refractivity contribution in [3.05, 3.63) is 12.4 Å². The van der Waals surface area contributed by atoms with Crippen molar-refractivity contribution in [3.8, 4) is 5.88 Å². The first kappa shape index (κ1) is 12.7. The van der Waals surface area contributed by atoms with Crippen LogP contribution in [0, 0.1) is 11.8 Å². The van der Waals surface area contributed by atoms with Gasteiger partial charge in [-0.3, -0.25) is 4.98 Å². The van der Waals surface area contributed by atoms with Crippen LogP contribution in [0.3, 0.4) is 0 Å². The maximum Gasteiger partial charge on any atom is 0.234 e. The van der Waals surface area contributed by atoms with E-state index in [4.69, 9.17) is 4.74 Å². The summed E-state index contributed by atoms with van der Waals surface area (Å²) in [5.74, 6) is 3.24. The number of nitrogens with zero attached hydrogens (tertiary/aromatic N) is 3. The number of aromatic nitrogens is 2. The third-order valence-corrected chi connectivity index (χ3v) is 4.58. The zero-order valence-corrected chi connectivity index (χ0v) is 11.9. The van der Waals surface area contributed by atoms with E-state index in [9.17, 15) is 0 Å². The molecule has 0 N–H and O–H groups in total. The molecule has 1 saturated carbocycles. The molecule has 3 rings (SSSR count). The van der Waals surface area contributed by atoms with Crippen LogP contribution in [0.2, 0.25) is 0 Å². The Kier molecular flexibility index (Phi) is 3.58. The van der Waals surface area contributed by atoms with Crippen LogP contribution in [0.4, 0.5) is 5.82 Å². The third kappa shape index (κ3) is 2.40. The molecule has 19 heavy (non-hydrogen) atoms. The van der Waals surface area contributed by atoms with Crippen molar-refractivity contribution >= 4 is 5.82 Å². The van der Waals surface area contributed by atoms with Crippen LogP contribution < -0.4 is 9.64 Å². The molecule has 2 heterocycles. The Hall–Kier alpha value is -1.32. The standard InChI is InChI=1S/C15H23N3O/c1-3-19-15-9-16-8-14(17-15)18-10-11(2)12-6-4-5-7-13(12)18/h8-9,11-13H,3-7,10H2,1-2H3. The van der Waals surface area contributed by atoms with Gasteiger partial charge in [0.2, 0.25) is 5.88 Å². The predicted octanol–water partition coefficient (Wildman–Crippen LogP) is 2.89. The van der Waals surface area contributed by atoms with Gasteiger partial charge in [-0.2, -0.15) is 4.98 Å². The molecule has 0 radical (unpaired) electrons. The van der Waals surface area contributed by atoms with E-state index in [0.717, 1.165) is 24.2 Å². The maximum absolute atomic E-state index is 5.47. The number of anilines is 1. The molecule has 0 bridgehead atoms. The fourth-order valence-corrected chi connectivity index (χ4v) is 3.73. The summed E-state index contributed by atoms with van der Waals surface area (Å²) in [7, 11) is 0. The minimum atomic E-state index is 0.639. The minimum absolute atomic E-state index is 0.639. The Balaban J connectivity index is 1.83. The second-order valence-corrected chi connectivity index (χ2v) is 5.79. The molecule has 4 nitrogen and oxygen atoms in total. The van der Waals surface area contributed by atoms with Crippen molar-refractivity contribution in [2.24, 2.45) is 11.8 Å². The summed E-state index contributed by atoms with van der Waals surface area (Å²) in [5.41, 5.74) is 0. The number of hydrogen-bond acceptors (Lipinski definition) is 4. The summed E-state index contributed by atoms with van der Waals surface area (Å²) < 4.78 is 5.47. The van der Waals surface area contributed by atoms with Gasteiger partial charge in [-0.25, -0.2) is 0 Å². The predicted molar refractivity (Wildman–Crippen MR) is 75.5 cm³/mol. The number of ether oxygens (including phenoxy) is 1. The van der Waals surface area contributed by atoms with E-state index in [1.165, 1.54) is 25.7 Å². The molecule has 104 valence electrons. The molecule has 3 unspecified atom stereocenters. The Morgan fingerprint density at radius 3 is 3.00 bits per heavy atom. The smallest absolute Gasteiger partial charge is 0.234 e. The maximum atomic E-state index is 5.47. The van der Waals surface area contributed by atoms with Gasteiger partial charge in [-0.1, -0.05) is 19.8 Å². The Labute approximate surface area is 115 Å². The van der Waals surface area contributed by atoms with Crippen LogP contribution in [0.15, 0.2) is 12.4 Å². The van der Waals surface area contributed by atoms with Crippen molar-refractivity contribution in [2.75, 3.05) is 18.1 Å². The van der Waals surface area contributed by atoms with Crippen LogP contribution in [0.1, 0.15) is 39.5 Å². The van der Waals surface area contributed by atoms with Gasteiger partial charge in [0.15, 0.2) is 5.82 Å². The summed E-state index contributed by atoms with van der Waals surface area (Å²) in [6.45, 7) is 6.10. The molecular weight excluding hydrogens is 238 g/mol. The van der Waals surface area contributed by atoms with Gasteiger partial charge in [-0.15, -0.1) is 0 Å². The number of rotatable bonds is 3. The molecule has 2 fully saturated rings. The first-order valence-electron chi connectivity index (χ1n) is 7.51. The molecule has 4 heteroatoms.